The van der Waals surface area contributed by atoms with Gasteiger partial charge in [-0.25, -0.2) is 0 Å². The fourth-order valence-electron chi connectivity index (χ4n) is 4.58. The van der Waals surface area contributed by atoms with Crippen LogP contribution in [0.5, 0.6) is 5.75 Å². The molecule has 2 amide bonds. The van der Waals surface area contributed by atoms with Crippen molar-refractivity contribution in [2.45, 2.75) is 19.1 Å². The molecule has 1 unspecified atom stereocenters. The van der Waals surface area contributed by atoms with Gasteiger partial charge in [-0.2, -0.15) is 0 Å². The molecular formula is C22H22N4O5. The highest BCUT2D eigenvalue weighted by Crippen LogP contribution is 2.44. The van der Waals surface area contributed by atoms with Gasteiger partial charge < -0.3 is 28.7 Å². The topological polar surface area (TPSA) is 101 Å². The maximum atomic E-state index is 13.6. The molecule has 1 aromatic carbocycles. The molecule has 1 saturated heterocycles. The van der Waals surface area contributed by atoms with Crippen molar-refractivity contribution >= 4 is 11.8 Å². The summed E-state index contributed by atoms with van der Waals surface area (Å²) in [4.78, 5) is 30.4. The highest BCUT2D eigenvalue weighted by atomic mass is 16.5. The molecule has 9 heteroatoms. The van der Waals surface area contributed by atoms with Crippen LogP contribution in [-0.4, -0.2) is 62.7 Å². The number of ether oxygens (including phenoxy) is 1. The van der Waals surface area contributed by atoms with Gasteiger partial charge in [0.05, 0.1) is 18.8 Å². The third-order valence-electron chi connectivity index (χ3n) is 6.03. The lowest BCUT2D eigenvalue weighted by Gasteiger charge is -2.47. The third-order valence-corrected chi connectivity index (χ3v) is 6.03. The molecular weight excluding hydrogens is 400 g/mol. The molecule has 5 rings (SSSR count). The van der Waals surface area contributed by atoms with E-state index in [1.807, 2.05) is 29.0 Å². The molecule has 1 fully saturated rings. The molecule has 0 spiro atoms. The van der Waals surface area contributed by atoms with Gasteiger partial charge in [0.1, 0.15) is 29.9 Å². The Hall–Kier alpha value is -3.59. The van der Waals surface area contributed by atoms with E-state index in [0.29, 0.717) is 42.3 Å². The molecule has 4 heterocycles. The third kappa shape index (κ3) is 2.84. The number of nitrogens with zero attached hydrogens (tertiary/aromatic N) is 4. The Morgan fingerprint density at radius 3 is 2.77 bits per heavy atom. The van der Waals surface area contributed by atoms with Crippen molar-refractivity contribution in [2.75, 3.05) is 26.3 Å². The Labute approximate surface area is 178 Å². The van der Waals surface area contributed by atoms with Crippen molar-refractivity contribution in [3.05, 3.63) is 71.4 Å². The quantitative estimate of drug-likeness (QED) is 0.671. The van der Waals surface area contributed by atoms with Crippen molar-refractivity contribution < 1.29 is 24.0 Å². The molecule has 2 aliphatic rings. The zero-order chi connectivity index (χ0) is 21.6. The first-order valence-electron chi connectivity index (χ1n) is 10.1. The molecule has 160 valence electrons. The molecule has 0 saturated carbocycles. The number of aromatic nitrogens is 2. The first kappa shape index (κ1) is 19.4. The Morgan fingerprint density at radius 2 is 2.06 bits per heavy atom. The van der Waals surface area contributed by atoms with Crippen molar-refractivity contribution in [2.24, 2.45) is 0 Å². The number of carbonyl (C=O) groups excluding carboxylic acids is 2. The van der Waals surface area contributed by atoms with E-state index in [9.17, 15) is 9.59 Å². The summed E-state index contributed by atoms with van der Waals surface area (Å²) < 4.78 is 12.4. The van der Waals surface area contributed by atoms with Gasteiger partial charge in [0.25, 0.3) is 11.8 Å². The monoisotopic (exact) mass is 422 g/mol. The average Bonchev–Trinajstić information content (AvgIpc) is 3.51. The lowest BCUT2D eigenvalue weighted by Crippen LogP contribution is -2.60. The van der Waals surface area contributed by atoms with Gasteiger partial charge in [-0.3, -0.25) is 9.59 Å². The minimum Gasteiger partial charge on any atom is -0.491 e. The van der Waals surface area contributed by atoms with Crippen molar-refractivity contribution in [3.8, 4) is 5.75 Å². The Kier molecular flexibility index (Phi) is 4.55. The Balaban J connectivity index is 1.62. The number of carbonyl (C=O) groups is 2. The summed E-state index contributed by atoms with van der Waals surface area (Å²) in [5.41, 5.74) is 1.31. The lowest BCUT2D eigenvalue weighted by atomic mass is 9.93. The summed E-state index contributed by atoms with van der Waals surface area (Å²) in [6.07, 6.45) is 3.21. The standard InChI is InChI=1S/C22H22N4O5/c1-15-18(13-31-23-15)20(28)25-9-10-26-21(29)19-3-2-8-24(19)14-22(25,26)16-4-6-17(7-5-16)30-12-11-27/h2-8,13,27H,9-12,14H2,1H3. The first-order valence-corrected chi connectivity index (χ1v) is 10.1. The highest BCUT2D eigenvalue weighted by Gasteiger charge is 2.56. The summed E-state index contributed by atoms with van der Waals surface area (Å²) >= 11 is 0. The minimum atomic E-state index is -0.987. The lowest BCUT2D eigenvalue weighted by molar-refractivity contribution is -0.00599. The van der Waals surface area contributed by atoms with Gasteiger partial charge in [-0.1, -0.05) is 17.3 Å². The van der Waals surface area contributed by atoms with Gasteiger partial charge >= 0.3 is 0 Å². The number of aliphatic hydroxyl groups is 1. The Bertz CT molecular complexity index is 1130. The molecule has 0 bridgehead atoms. The van der Waals surface area contributed by atoms with E-state index in [-0.39, 0.29) is 25.0 Å². The largest absolute Gasteiger partial charge is 0.491 e. The maximum absolute atomic E-state index is 13.6. The van der Waals surface area contributed by atoms with Crippen LogP contribution in [0.25, 0.3) is 0 Å². The minimum absolute atomic E-state index is 0.0786. The number of fused-ring (bicyclic) bond motifs is 2. The second kappa shape index (κ2) is 7.28. The van der Waals surface area contributed by atoms with Crippen LogP contribution in [0.3, 0.4) is 0 Å². The molecule has 2 aliphatic heterocycles. The maximum Gasteiger partial charge on any atom is 0.272 e. The van der Waals surface area contributed by atoms with E-state index in [1.54, 1.807) is 34.9 Å². The van der Waals surface area contributed by atoms with Crippen LogP contribution in [0, 0.1) is 6.92 Å². The van der Waals surface area contributed by atoms with Crippen LogP contribution < -0.4 is 4.74 Å². The van der Waals surface area contributed by atoms with E-state index in [0.717, 1.165) is 5.56 Å². The van der Waals surface area contributed by atoms with Crippen molar-refractivity contribution in [1.82, 2.24) is 19.5 Å². The van der Waals surface area contributed by atoms with Crippen molar-refractivity contribution in [3.63, 3.8) is 0 Å². The van der Waals surface area contributed by atoms with Crippen LogP contribution in [0.15, 0.2) is 53.4 Å². The van der Waals surface area contributed by atoms with Crippen LogP contribution >= 0.6 is 0 Å². The predicted molar refractivity (Wildman–Crippen MR) is 108 cm³/mol. The fourth-order valence-corrected chi connectivity index (χ4v) is 4.58. The van der Waals surface area contributed by atoms with Gasteiger partial charge in [-0.05, 0) is 31.2 Å². The van der Waals surface area contributed by atoms with Gasteiger partial charge in [0, 0.05) is 24.8 Å². The Morgan fingerprint density at radius 1 is 1.26 bits per heavy atom. The molecule has 31 heavy (non-hydrogen) atoms. The normalized spacial score (nSPS) is 20.0. The number of aliphatic hydroxyl groups excluding tert-OH is 1. The summed E-state index contributed by atoms with van der Waals surface area (Å²) in [5, 5.41) is 12.8. The van der Waals surface area contributed by atoms with Crippen molar-refractivity contribution in [1.29, 1.82) is 0 Å². The van der Waals surface area contributed by atoms with Gasteiger partial charge in [0.15, 0.2) is 5.66 Å². The summed E-state index contributed by atoms with van der Waals surface area (Å²) in [7, 11) is 0. The van der Waals surface area contributed by atoms with Crippen LogP contribution in [0.4, 0.5) is 0 Å². The van der Waals surface area contributed by atoms with Crippen LogP contribution in [0.2, 0.25) is 0 Å². The molecule has 9 nitrogen and oxygen atoms in total. The number of hydrogen-bond donors (Lipinski definition) is 1. The van der Waals surface area contributed by atoms with Gasteiger partial charge in [-0.15, -0.1) is 0 Å². The summed E-state index contributed by atoms with van der Waals surface area (Å²) in [6, 6.07) is 11.0. The smallest absolute Gasteiger partial charge is 0.272 e. The molecule has 0 radical (unpaired) electrons. The van der Waals surface area contributed by atoms with E-state index in [1.165, 1.54) is 6.26 Å². The SMILES string of the molecule is Cc1nocc1C(=O)N1CCN2C(=O)c3cccn3CC12c1ccc(OCCO)cc1. The van der Waals surface area contributed by atoms with E-state index < -0.39 is 5.66 Å². The number of hydrogen-bond acceptors (Lipinski definition) is 6. The first-order chi connectivity index (χ1) is 15.1. The number of rotatable bonds is 5. The number of aryl methyl sites for hydroxylation is 1. The molecule has 1 atom stereocenters. The molecule has 2 aromatic heterocycles. The average molecular weight is 422 g/mol. The molecule has 3 aromatic rings. The van der Waals surface area contributed by atoms with E-state index >= 15 is 0 Å². The number of amides is 2. The molecule has 0 aliphatic carbocycles. The van der Waals surface area contributed by atoms with Crippen LogP contribution in [0.1, 0.15) is 32.1 Å². The summed E-state index contributed by atoms with van der Waals surface area (Å²) in [6.45, 7) is 3.06. The molecule has 1 N–H and O–H groups in total. The zero-order valence-electron chi connectivity index (χ0n) is 17.0. The fraction of sp³-hybridized carbons (Fsp3) is 0.318. The number of benzene rings is 1. The van der Waals surface area contributed by atoms with E-state index in [4.69, 9.17) is 14.4 Å². The van der Waals surface area contributed by atoms with Gasteiger partial charge in [0.2, 0.25) is 0 Å². The zero-order valence-corrected chi connectivity index (χ0v) is 17.0. The highest BCUT2D eigenvalue weighted by molar-refractivity contribution is 5.98. The second-order valence-electron chi connectivity index (χ2n) is 7.66. The predicted octanol–water partition coefficient (Wildman–Crippen LogP) is 1.62. The second-order valence-corrected chi connectivity index (χ2v) is 7.66. The van der Waals surface area contributed by atoms with E-state index in [2.05, 4.69) is 5.16 Å². The summed E-state index contributed by atoms with van der Waals surface area (Å²) in [5.74, 6) is 0.259. The van der Waals surface area contributed by atoms with Crippen LogP contribution in [-0.2, 0) is 12.2 Å².